The van der Waals surface area contributed by atoms with E-state index in [0.717, 1.165) is 12.8 Å². The van der Waals surface area contributed by atoms with Gasteiger partial charge in [-0.2, -0.15) is 0 Å². The third-order valence-electron chi connectivity index (χ3n) is 3.01. The smallest absolute Gasteiger partial charge is 0.244 e. The Bertz CT molecular complexity index is 674. The molecule has 2 aromatic rings. The Morgan fingerprint density at radius 2 is 1.90 bits per heavy atom. The average molecular weight is 306 g/mol. The van der Waals surface area contributed by atoms with Crippen LogP contribution in [0.2, 0.25) is 0 Å². The molecule has 0 aliphatic heterocycles. The maximum Gasteiger partial charge on any atom is 0.244 e. The van der Waals surface area contributed by atoms with Gasteiger partial charge in [0.25, 0.3) is 0 Å². The molecular weight excluding hydrogens is 288 g/mol. The largest absolute Gasteiger partial charge is 0.323 e. The third kappa shape index (κ3) is 4.25. The van der Waals surface area contributed by atoms with Crippen molar-refractivity contribution in [3.8, 4) is 0 Å². The summed E-state index contributed by atoms with van der Waals surface area (Å²) < 4.78 is 26.9. The standard InChI is InChI=1S/C14H18N4O2S/c15-18-13-8-10-16-11-14(13)21(19,20)17-9-4-7-12-5-2-1-3-6-12/h1-3,5-6,8,10-11,17H,4,7,9,15H2,(H,16,18). The Balaban J connectivity index is 1.93. The Hall–Kier alpha value is -1.96. The molecule has 0 saturated heterocycles. The second-order valence-electron chi connectivity index (χ2n) is 4.50. The highest BCUT2D eigenvalue weighted by Crippen LogP contribution is 2.17. The number of pyridine rings is 1. The number of hydrogen-bond acceptors (Lipinski definition) is 5. The molecule has 2 rings (SSSR count). The minimum absolute atomic E-state index is 0.0483. The molecule has 6 nitrogen and oxygen atoms in total. The molecule has 4 N–H and O–H groups in total. The van der Waals surface area contributed by atoms with E-state index in [-0.39, 0.29) is 4.90 Å². The van der Waals surface area contributed by atoms with Gasteiger partial charge in [-0.25, -0.2) is 13.1 Å². The van der Waals surface area contributed by atoms with Crippen LogP contribution >= 0.6 is 0 Å². The van der Waals surface area contributed by atoms with Crippen LogP contribution < -0.4 is 16.0 Å². The van der Waals surface area contributed by atoms with E-state index in [0.29, 0.717) is 12.2 Å². The van der Waals surface area contributed by atoms with E-state index in [1.54, 1.807) is 0 Å². The Labute approximate surface area is 124 Å². The quantitative estimate of drug-likeness (QED) is 0.407. The molecule has 0 amide bonds. The molecule has 21 heavy (non-hydrogen) atoms. The molecule has 1 aromatic carbocycles. The number of hydrogen-bond donors (Lipinski definition) is 3. The SMILES string of the molecule is NNc1ccncc1S(=O)(=O)NCCCc1ccccc1. The molecule has 1 heterocycles. The summed E-state index contributed by atoms with van der Waals surface area (Å²) in [6.45, 7) is 0.357. The van der Waals surface area contributed by atoms with E-state index in [9.17, 15) is 8.42 Å². The van der Waals surface area contributed by atoms with Crippen molar-refractivity contribution in [2.45, 2.75) is 17.7 Å². The van der Waals surface area contributed by atoms with E-state index >= 15 is 0 Å². The van der Waals surface area contributed by atoms with Crippen LogP contribution in [-0.2, 0) is 16.4 Å². The zero-order chi connectivity index (χ0) is 15.1. The first-order chi connectivity index (χ1) is 10.1. The second-order valence-corrected chi connectivity index (χ2v) is 6.24. The van der Waals surface area contributed by atoms with Gasteiger partial charge in [-0.3, -0.25) is 10.8 Å². The van der Waals surface area contributed by atoms with Crippen LogP contribution in [-0.4, -0.2) is 19.9 Å². The summed E-state index contributed by atoms with van der Waals surface area (Å²) in [5.41, 5.74) is 3.86. The minimum Gasteiger partial charge on any atom is -0.323 e. The number of rotatable bonds is 7. The van der Waals surface area contributed by atoms with Gasteiger partial charge in [0.15, 0.2) is 0 Å². The van der Waals surface area contributed by atoms with E-state index in [2.05, 4.69) is 15.1 Å². The van der Waals surface area contributed by atoms with Crippen LogP contribution in [0.5, 0.6) is 0 Å². The number of sulfonamides is 1. The highest BCUT2D eigenvalue weighted by Gasteiger charge is 2.17. The van der Waals surface area contributed by atoms with E-state index in [1.807, 2.05) is 30.3 Å². The number of nitrogens with two attached hydrogens (primary N) is 1. The van der Waals surface area contributed by atoms with Gasteiger partial charge in [-0.15, -0.1) is 0 Å². The molecular formula is C14H18N4O2S. The number of benzene rings is 1. The molecule has 112 valence electrons. The molecule has 0 radical (unpaired) electrons. The maximum atomic E-state index is 12.2. The van der Waals surface area contributed by atoms with Gasteiger partial charge >= 0.3 is 0 Å². The second kappa shape index (κ2) is 7.16. The summed E-state index contributed by atoms with van der Waals surface area (Å²) in [5, 5.41) is 0. The van der Waals surface area contributed by atoms with Gasteiger partial charge < -0.3 is 5.43 Å². The first-order valence-electron chi connectivity index (χ1n) is 6.58. The summed E-state index contributed by atoms with van der Waals surface area (Å²) in [6.07, 6.45) is 4.28. The lowest BCUT2D eigenvalue weighted by Gasteiger charge is -2.10. The van der Waals surface area contributed by atoms with Crippen molar-refractivity contribution >= 4 is 15.7 Å². The van der Waals surface area contributed by atoms with Gasteiger partial charge in [-0.05, 0) is 24.5 Å². The topological polar surface area (TPSA) is 97.1 Å². The lowest BCUT2D eigenvalue weighted by Crippen LogP contribution is -2.26. The number of anilines is 1. The molecule has 0 saturated carbocycles. The molecule has 7 heteroatoms. The van der Waals surface area contributed by atoms with Crippen molar-refractivity contribution in [3.05, 3.63) is 54.4 Å². The lowest BCUT2D eigenvalue weighted by atomic mass is 10.1. The molecule has 1 aromatic heterocycles. The minimum atomic E-state index is -3.61. The van der Waals surface area contributed by atoms with E-state index in [4.69, 9.17) is 5.84 Å². The van der Waals surface area contributed by atoms with Gasteiger partial charge in [0.2, 0.25) is 10.0 Å². The van der Waals surface area contributed by atoms with Gasteiger partial charge in [0.1, 0.15) is 4.90 Å². The van der Waals surface area contributed by atoms with E-state index < -0.39 is 10.0 Å². The summed E-state index contributed by atoms with van der Waals surface area (Å²) in [5.74, 6) is 5.31. The normalized spacial score (nSPS) is 11.3. The molecule has 0 aliphatic carbocycles. The van der Waals surface area contributed by atoms with Crippen LogP contribution in [0.25, 0.3) is 0 Å². The van der Waals surface area contributed by atoms with Gasteiger partial charge in [-0.1, -0.05) is 30.3 Å². The fraction of sp³-hybridized carbons (Fsp3) is 0.214. The summed E-state index contributed by atoms with van der Waals surface area (Å²) in [7, 11) is -3.61. The van der Waals surface area contributed by atoms with Crippen molar-refractivity contribution < 1.29 is 8.42 Å². The van der Waals surface area contributed by atoms with Crippen LogP contribution in [0, 0.1) is 0 Å². The predicted octanol–water partition coefficient (Wildman–Crippen LogP) is 1.28. The number of hydrazine groups is 1. The molecule has 0 bridgehead atoms. The van der Waals surface area contributed by atoms with Gasteiger partial charge in [0.05, 0.1) is 5.69 Å². The first kappa shape index (κ1) is 15.4. The summed E-state index contributed by atoms with van der Waals surface area (Å²) in [4.78, 5) is 3.87. The van der Waals surface area contributed by atoms with Crippen LogP contribution in [0.4, 0.5) is 5.69 Å². The molecule has 0 fully saturated rings. The Morgan fingerprint density at radius 1 is 1.14 bits per heavy atom. The van der Waals surface area contributed by atoms with Gasteiger partial charge in [0, 0.05) is 18.9 Å². The average Bonchev–Trinajstić information content (AvgIpc) is 2.52. The highest BCUT2D eigenvalue weighted by atomic mass is 32.2. The molecule has 0 atom stereocenters. The maximum absolute atomic E-state index is 12.2. The highest BCUT2D eigenvalue weighted by molar-refractivity contribution is 7.89. The Kier molecular flexibility index (Phi) is 5.26. The number of aryl methyl sites for hydroxylation is 1. The monoisotopic (exact) mass is 306 g/mol. The lowest BCUT2D eigenvalue weighted by molar-refractivity contribution is 0.579. The van der Waals surface area contributed by atoms with Crippen LogP contribution in [0.15, 0.2) is 53.7 Å². The fourth-order valence-electron chi connectivity index (χ4n) is 1.93. The Morgan fingerprint density at radius 3 is 2.62 bits per heavy atom. The molecule has 0 unspecified atom stereocenters. The predicted molar refractivity (Wildman–Crippen MR) is 82.0 cm³/mol. The number of aromatic nitrogens is 1. The van der Waals surface area contributed by atoms with Crippen molar-refractivity contribution in [1.29, 1.82) is 0 Å². The molecule has 0 spiro atoms. The first-order valence-corrected chi connectivity index (χ1v) is 8.06. The summed E-state index contributed by atoms with van der Waals surface area (Å²) >= 11 is 0. The van der Waals surface area contributed by atoms with Crippen molar-refractivity contribution in [2.75, 3.05) is 12.0 Å². The number of nitrogen functional groups attached to an aromatic ring is 1. The number of nitrogens with one attached hydrogen (secondary N) is 2. The zero-order valence-electron chi connectivity index (χ0n) is 11.5. The van der Waals surface area contributed by atoms with Crippen molar-refractivity contribution in [1.82, 2.24) is 9.71 Å². The zero-order valence-corrected chi connectivity index (χ0v) is 12.3. The van der Waals surface area contributed by atoms with E-state index in [1.165, 1.54) is 24.0 Å². The van der Waals surface area contributed by atoms with Crippen molar-refractivity contribution in [3.63, 3.8) is 0 Å². The van der Waals surface area contributed by atoms with Crippen molar-refractivity contribution in [2.24, 2.45) is 5.84 Å². The van der Waals surface area contributed by atoms with Crippen LogP contribution in [0.3, 0.4) is 0 Å². The van der Waals surface area contributed by atoms with Crippen LogP contribution in [0.1, 0.15) is 12.0 Å². The summed E-state index contributed by atoms with van der Waals surface area (Å²) in [6, 6.07) is 11.4. The third-order valence-corrected chi connectivity index (χ3v) is 4.50. The number of nitrogens with zero attached hydrogens (tertiary/aromatic N) is 1. The molecule has 0 aliphatic rings. The fourth-order valence-corrected chi connectivity index (χ4v) is 3.12.